The molecule has 0 aliphatic heterocycles. The lowest BCUT2D eigenvalue weighted by Gasteiger charge is -2.24. The van der Waals surface area contributed by atoms with E-state index < -0.39 is 35.0 Å². The molecule has 7 nitrogen and oxygen atoms in total. The molecule has 0 fully saturated rings. The van der Waals surface area contributed by atoms with Crippen LogP contribution < -0.4 is 0 Å². The van der Waals surface area contributed by atoms with Crippen molar-refractivity contribution in [3.05, 3.63) is 32.5 Å². The number of carbonyl (C=O) groups excluding carboxylic acids is 2. The first-order valence-corrected chi connectivity index (χ1v) is 6.73. The zero-order chi connectivity index (χ0) is 15.3. The maximum Gasteiger partial charge on any atom is 0.257 e. The van der Waals surface area contributed by atoms with Crippen molar-refractivity contribution in [2.45, 2.75) is 12.8 Å². The fourth-order valence-corrected chi connectivity index (χ4v) is 2.79. The summed E-state index contributed by atoms with van der Waals surface area (Å²) in [7, 11) is 2.67. The second-order valence-electron chi connectivity index (χ2n) is 4.24. The van der Waals surface area contributed by atoms with Crippen LogP contribution in [0.4, 0.5) is 0 Å². The van der Waals surface area contributed by atoms with Gasteiger partial charge in [-0.2, -0.15) is 0 Å². The lowest BCUT2D eigenvalue weighted by atomic mass is 9.87. The van der Waals surface area contributed by atoms with Gasteiger partial charge < -0.3 is 0 Å². The molecule has 2 atom stereocenters. The first-order valence-electron chi connectivity index (χ1n) is 5.85. The van der Waals surface area contributed by atoms with E-state index in [1.54, 1.807) is 17.5 Å². The molecule has 0 radical (unpaired) electrons. The van der Waals surface area contributed by atoms with Crippen molar-refractivity contribution in [1.29, 1.82) is 0 Å². The van der Waals surface area contributed by atoms with Gasteiger partial charge >= 0.3 is 0 Å². The average molecular weight is 300 g/mol. The van der Waals surface area contributed by atoms with Crippen molar-refractivity contribution in [3.63, 3.8) is 0 Å². The Morgan fingerprint density at radius 2 is 2.20 bits per heavy atom. The first-order chi connectivity index (χ1) is 9.38. The molecular weight excluding hydrogens is 284 g/mol. The Labute approximate surface area is 120 Å². The zero-order valence-corrected chi connectivity index (χ0v) is 12.3. The summed E-state index contributed by atoms with van der Waals surface area (Å²) in [6.45, 7) is 0.778. The average Bonchev–Trinajstić information content (AvgIpc) is 2.89. The van der Waals surface area contributed by atoms with Gasteiger partial charge in [0.15, 0.2) is 0 Å². The minimum Gasteiger partial charge on any atom is -0.299 e. The summed E-state index contributed by atoms with van der Waals surface area (Å²) in [5.74, 6) is -2.91. The Balaban J connectivity index is 3.15. The van der Waals surface area contributed by atoms with Gasteiger partial charge in [-0.15, -0.1) is 11.3 Å². The van der Waals surface area contributed by atoms with Gasteiger partial charge in [0.2, 0.25) is 6.54 Å². The minimum atomic E-state index is -1.12. The van der Waals surface area contributed by atoms with Crippen molar-refractivity contribution in [2.24, 2.45) is 5.92 Å². The monoisotopic (exact) mass is 300 g/mol. The fourth-order valence-electron chi connectivity index (χ4n) is 1.94. The molecule has 0 bridgehead atoms. The van der Waals surface area contributed by atoms with Crippen LogP contribution in [0.2, 0.25) is 0 Å². The maximum atomic E-state index is 12.2. The quantitative estimate of drug-likeness (QED) is 0.430. The molecule has 0 unspecified atom stereocenters. The smallest absolute Gasteiger partial charge is 0.257 e. The number of thiophene rings is 1. The van der Waals surface area contributed by atoms with Crippen LogP contribution in [0.15, 0.2) is 17.5 Å². The molecule has 8 heteroatoms. The summed E-state index contributed by atoms with van der Waals surface area (Å²) in [5, 5.41) is 13.5. The van der Waals surface area contributed by atoms with Gasteiger partial charge in [0.05, 0.1) is 13.0 Å². The van der Waals surface area contributed by atoms with Crippen LogP contribution in [0, 0.1) is 16.0 Å². The molecule has 1 amide bonds. The Bertz CT molecular complexity index is 488. The van der Waals surface area contributed by atoms with Gasteiger partial charge in [-0.3, -0.25) is 24.5 Å². The predicted molar refractivity (Wildman–Crippen MR) is 72.9 cm³/mol. The zero-order valence-electron chi connectivity index (χ0n) is 11.4. The second-order valence-corrected chi connectivity index (χ2v) is 5.22. The molecule has 0 saturated carbocycles. The summed E-state index contributed by atoms with van der Waals surface area (Å²) in [5.41, 5.74) is 0. The third kappa shape index (κ3) is 3.84. The van der Waals surface area contributed by atoms with E-state index in [1.165, 1.54) is 32.4 Å². The van der Waals surface area contributed by atoms with Crippen LogP contribution in [-0.4, -0.2) is 42.4 Å². The van der Waals surface area contributed by atoms with Crippen molar-refractivity contribution >= 4 is 23.0 Å². The molecule has 20 heavy (non-hydrogen) atoms. The maximum absolute atomic E-state index is 12.2. The molecule has 0 aliphatic carbocycles. The number of hydrogen-bond acceptors (Lipinski definition) is 6. The van der Waals surface area contributed by atoms with Crippen LogP contribution in [0.3, 0.4) is 0 Å². The third-order valence-electron chi connectivity index (χ3n) is 2.95. The highest BCUT2D eigenvalue weighted by Gasteiger charge is 2.39. The van der Waals surface area contributed by atoms with Crippen molar-refractivity contribution in [1.82, 2.24) is 5.06 Å². The van der Waals surface area contributed by atoms with Gasteiger partial charge in [-0.1, -0.05) is 6.07 Å². The molecule has 1 heterocycles. The van der Waals surface area contributed by atoms with Crippen molar-refractivity contribution < 1.29 is 19.3 Å². The lowest BCUT2D eigenvalue weighted by molar-refractivity contribution is -0.484. The summed E-state index contributed by atoms with van der Waals surface area (Å²) in [4.78, 5) is 39.7. The molecule has 0 aromatic carbocycles. The highest BCUT2D eigenvalue weighted by atomic mass is 32.1. The first kappa shape index (κ1) is 16.3. The van der Waals surface area contributed by atoms with E-state index in [0.29, 0.717) is 4.88 Å². The summed E-state index contributed by atoms with van der Waals surface area (Å²) < 4.78 is 0. The summed E-state index contributed by atoms with van der Waals surface area (Å²) >= 11 is 1.29. The van der Waals surface area contributed by atoms with Crippen LogP contribution in [0.5, 0.6) is 0 Å². The van der Waals surface area contributed by atoms with Crippen LogP contribution in [0.25, 0.3) is 0 Å². The normalized spacial score (nSPS) is 13.6. The van der Waals surface area contributed by atoms with Gasteiger partial charge in [-0.05, 0) is 18.4 Å². The molecule has 110 valence electrons. The number of amides is 1. The van der Waals surface area contributed by atoms with Crippen LogP contribution in [0.1, 0.15) is 17.7 Å². The van der Waals surface area contributed by atoms with Gasteiger partial charge in [0, 0.05) is 16.8 Å². The largest absolute Gasteiger partial charge is 0.299 e. The number of hydrogen-bond donors (Lipinski definition) is 0. The summed E-state index contributed by atoms with van der Waals surface area (Å²) in [6, 6.07) is 3.42. The highest BCUT2D eigenvalue weighted by Crippen LogP contribution is 2.30. The number of Topliss-reactive ketones (excluding diaryl/α,β-unsaturated/α-hetero) is 1. The second kappa shape index (κ2) is 7.11. The van der Waals surface area contributed by atoms with Crippen molar-refractivity contribution in [2.75, 3.05) is 20.7 Å². The molecule has 0 spiro atoms. The van der Waals surface area contributed by atoms with Crippen LogP contribution >= 0.6 is 11.3 Å². The Kier molecular flexibility index (Phi) is 5.78. The topological polar surface area (TPSA) is 89.8 Å². The summed E-state index contributed by atoms with van der Waals surface area (Å²) in [6.07, 6.45) is 0. The Morgan fingerprint density at radius 1 is 1.55 bits per heavy atom. The van der Waals surface area contributed by atoms with E-state index in [4.69, 9.17) is 4.84 Å². The molecule has 1 aromatic heterocycles. The Hall–Kier alpha value is -1.80. The number of nitrogens with zero attached hydrogens (tertiary/aromatic N) is 2. The molecule has 1 rings (SSSR count). The lowest BCUT2D eigenvalue weighted by Crippen LogP contribution is -2.40. The number of rotatable bonds is 7. The predicted octanol–water partition coefficient (Wildman–Crippen LogP) is 1.33. The minimum absolute atomic E-state index is 0.417. The highest BCUT2D eigenvalue weighted by molar-refractivity contribution is 7.10. The van der Waals surface area contributed by atoms with E-state index >= 15 is 0 Å². The van der Waals surface area contributed by atoms with E-state index in [1.807, 2.05) is 0 Å². The Morgan fingerprint density at radius 3 is 2.60 bits per heavy atom. The van der Waals surface area contributed by atoms with Gasteiger partial charge in [-0.25, -0.2) is 5.06 Å². The SMILES string of the molecule is CON(C)C(=O)[C@H](C(C)=O)[C@H](C[N+](=O)[O-])c1cccs1. The molecule has 1 aromatic rings. The molecule has 0 N–H and O–H groups in total. The fraction of sp³-hybridized carbons (Fsp3) is 0.500. The van der Waals surface area contributed by atoms with E-state index in [2.05, 4.69) is 0 Å². The number of carbonyl (C=O) groups is 2. The third-order valence-corrected chi connectivity index (χ3v) is 3.95. The van der Waals surface area contributed by atoms with Gasteiger partial charge in [0.25, 0.3) is 5.91 Å². The van der Waals surface area contributed by atoms with E-state index in [-0.39, 0.29) is 0 Å². The molecule has 0 saturated heterocycles. The molecular formula is C12H16N2O5S. The van der Waals surface area contributed by atoms with E-state index in [0.717, 1.165) is 5.06 Å². The number of hydroxylamine groups is 2. The van der Waals surface area contributed by atoms with Crippen molar-refractivity contribution in [3.8, 4) is 0 Å². The van der Waals surface area contributed by atoms with E-state index in [9.17, 15) is 19.7 Å². The number of nitro groups is 1. The standard InChI is InChI=1S/C12H16N2O5S/c1-8(15)11(12(16)13(2)19-3)9(7-14(17)18)10-5-4-6-20-10/h4-6,9,11H,7H2,1-3H3/t9-,11-/m1/s1. The number of ketones is 1. The van der Waals surface area contributed by atoms with Crippen LogP contribution in [-0.2, 0) is 14.4 Å². The van der Waals surface area contributed by atoms with Gasteiger partial charge in [0.1, 0.15) is 11.7 Å². The molecule has 0 aliphatic rings.